The predicted octanol–water partition coefficient (Wildman–Crippen LogP) is 2.44. The van der Waals surface area contributed by atoms with Gasteiger partial charge in [0.2, 0.25) is 0 Å². The molecule has 0 unspecified atom stereocenters. The molecule has 0 bridgehead atoms. The molecule has 0 heterocycles. The van der Waals surface area contributed by atoms with Crippen LogP contribution >= 0.6 is 0 Å². The molecule has 0 fully saturated rings. The average Bonchev–Trinajstić information content (AvgIpc) is 2.08. The summed E-state index contributed by atoms with van der Waals surface area (Å²) in [6, 6.07) is 6.12. The molecule has 1 rings (SSSR count). The van der Waals surface area contributed by atoms with Crippen molar-refractivity contribution in [2.45, 2.75) is 6.92 Å². The standard InChI is InChI=1S/C10H13FN2/c1-8(13(2)3)12-10-6-4-9(11)5-7-10/h4-7H,1-3H3. The van der Waals surface area contributed by atoms with Crippen LogP contribution in [0.5, 0.6) is 0 Å². The van der Waals surface area contributed by atoms with Crippen LogP contribution in [0.25, 0.3) is 0 Å². The molecule has 0 aromatic heterocycles. The van der Waals surface area contributed by atoms with E-state index in [1.807, 2.05) is 25.9 Å². The van der Waals surface area contributed by atoms with Crippen molar-refractivity contribution in [3.8, 4) is 0 Å². The summed E-state index contributed by atoms with van der Waals surface area (Å²) in [6.07, 6.45) is 0. The second-order valence-corrected chi connectivity index (χ2v) is 3.03. The first-order valence-corrected chi connectivity index (χ1v) is 4.08. The fourth-order valence-electron chi connectivity index (χ4n) is 0.802. The average molecular weight is 180 g/mol. The van der Waals surface area contributed by atoms with Crippen molar-refractivity contribution in [3.05, 3.63) is 30.1 Å². The van der Waals surface area contributed by atoms with E-state index in [1.165, 1.54) is 12.1 Å². The third-order valence-electron chi connectivity index (χ3n) is 1.76. The van der Waals surface area contributed by atoms with Crippen molar-refractivity contribution in [2.24, 2.45) is 4.99 Å². The van der Waals surface area contributed by atoms with E-state index in [1.54, 1.807) is 12.1 Å². The molecule has 0 saturated heterocycles. The zero-order valence-electron chi connectivity index (χ0n) is 8.08. The summed E-state index contributed by atoms with van der Waals surface area (Å²) in [7, 11) is 3.84. The van der Waals surface area contributed by atoms with Crippen molar-refractivity contribution < 1.29 is 4.39 Å². The van der Waals surface area contributed by atoms with E-state index in [-0.39, 0.29) is 5.82 Å². The Balaban J connectivity index is 2.85. The third-order valence-corrected chi connectivity index (χ3v) is 1.76. The van der Waals surface area contributed by atoms with Crippen LogP contribution in [-0.2, 0) is 0 Å². The Labute approximate surface area is 77.7 Å². The normalized spacial score (nSPS) is 11.5. The first-order valence-electron chi connectivity index (χ1n) is 4.08. The van der Waals surface area contributed by atoms with E-state index in [0.717, 1.165) is 11.5 Å². The summed E-state index contributed by atoms with van der Waals surface area (Å²) in [5, 5.41) is 0. The summed E-state index contributed by atoms with van der Waals surface area (Å²) in [5.74, 6) is 0.660. The summed E-state index contributed by atoms with van der Waals surface area (Å²) in [4.78, 5) is 6.18. The van der Waals surface area contributed by atoms with Crippen molar-refractivity contribution >= 4 is 11.5 Å². The van der Waals surface area contributed by atoms with Crippen LogP contribution in [0.4, 0.5) is 10.1 Å². The molecule has 1 aromatic rings. The molecule has 3 heteroatoms. The molecule has 0 N–H and O–H groups in total. The highest BCUT2D eigenvalue weighted by Crippen LogP contribution is 2.12. The van der Waals surface area contributed by atoms with Gasteiger partial charge in [-0.3, -0.25) is 0 Å². The monoisotopic (exact) mass is 180 g/mol. The Morgan fingerprint density at radius 1 is 1.23 bits per heavy atom. The molecular formula is C10H13FN2. The van der Waals surface area contributed by atoms with Crippen LogP contribution in [-0.4, -0.2) is 24.8 Å². The van der Waals surface area contributed by atoms with Crippen molar-refractivity contribution in [2.75, 3.05) is 14.1 Å². The fourth-order valence-corrected chi connectivity index (χ4v) is 0.802. The molecule has 0 saturated carbocycles. The Morgan fingerprint density at radius 2 is 1.77 bits per heavy atom. The SMILES string of the molecule is CC(=Nc1ccc(F)cc1)N(C)C. The van der Waals surface area contributed by atoms with E-state index in [0.29, 0.717) is 0 Å². The maximum atomic E-state index is 12.5. The van der Waals surface area contributed by atoms with Gasteiger partial charge in [-0.25, -0.2) is 9.38 Å². The number of halogens is 1. The maximum absolute atomic E-state index is 12.5. The molecule has 1 aromatic carbocycles. The summed E-state index contributed by atoms with van der Waals surface area (Å²) >= 11 is 0. The number of nitrogens with zero attached hydrogens (tertiary/aromatic N) is 2. The zero-order chi connectivity index (χ0) is 9.84. The summed E-state index contributed by atoms with van der Waals surface area (Å²) < 4.78 is 12.5. The summed E-state index contributed by atoms with van der Waals surface area (Å²) in [5.41, 5.74) is 0.771. The lowest BCUT2D eigenvalue weighted by Gasteiger charge is -2.10. The van der Waals surface area contributed by atoms with Gasteiger partial charge in [-0.2, -0.15) is 0 Å². The highest BCUT2D eigenvalue weighted by Gasteiger charge is 1.94. The molecule has 0 aliphatic heterocycles. The molecule has 0 radical (unpaired) electrons. The topological polar surface area (TPSA) is 15.6 Å². The van der Waals surface area contributed by atoms with Crippen LogP contribution in [0, 0.1) is 5.82 Å². The van der Waals surface area contributed by atoms with Crippen LogP contribution in [0.1, 0.15) is 6.92 Å². The minimum Gasteiger partial charge on any atom is -0.366 e. The van der Waals surface area contributed by atoms with Crippen LogP contribution in [0.2, 0.25) is 0 Å². The minimum atomic E-state index is -0.235. The van der Waals surface area contributed by atoms with Gasteiger partial charge in [0, 0.05) is 14.1 Å². The number of benzene rings is 1. The van der Waals surface area contributed by atoms with E-state index < -0.39 is 0 Å². The van der Waals surface area contributed by atoms with Gasteiger partial charge in [0.15, 0.2) is 0 Å². The third kappa shape index (κ3) is 2.86. The first-order chi connectivity index (χ1) is 6.09. The lowest BCUT2D eigenvalue weighted by molar-refractivity contribution is 0.618. The number of rotatable bonds is 1. The highest BCUT2D eigenvalue weighted by molar-refractivity contribution is 5.81. The maximum Gasteiger partial charge on any atom is 0.123 e. The van der Waals surface area contributed by atoms with E-state index >= 15 is 0 Å². The van der Waals surface area contributed by atoms with Gasteiger partial charge in [-0.15, -0.1) is 0 Å². The second-order valence-electron chi connectivity index (χ2n) is 3.03. The highest BCUT2D eigenvalue weighted by atomic mass is 19.1. The molecule has 13 heavy (non-hydrogen) atoms. The summed E-state index contributed by atoms with van der Waals surface area (Å²) in [6.45, 7) is 1.91. The molecule has 0 amide bonds. The number of amidine groups is 1. The smallest absolute Gasteiger partial charge is 0.123 e. The Hall–Kier alpha value is -1.38. The minimum absolute atomic E-state index is 0.235. The van der Waals surface area contributed by atoms with Crippen LogP contribution in [0.3, 0.4) is 0 Å². The Kier molecular flexibility index (Phi) is 3.01. The fraction of sp³-hybridized carbons (Fsp3) is 0.300. The molecule has 0 aliphatic rings. The number of hydrogen-bond acceptors (Lipinski definition) is 1. The van der Waals surface area contributed by atoms with Gasteiger partial charge < -0.3 is 4.90 Å². The largest absolute Gasteiger partial charge is 0.366 e. The molecule has 2 nitrogen and oxygen atoms in total. The van der Waals surface area contributed by atoms with Gasteiger partial charge in [-0.05, 0) is 31.2 Å². The van der Waals surface area contributed by atoms with Gasteiger partial charge in [0.05, 0.1) is 5.69 Å². The van der Waals surface area contributed by atoms with Crippen molar-refractivity contribution in [3.63, 3.8) is 0 Å². The van der Waals surface area contributed by atoms with Gasteiger partial charge in [0.25, 0.3) is 0 Å². The van der Waals surface area contributed by atoms with Crippen LogP contribution < -0.4 is 0 Å². The first kappa shape index (κ1) is 9.71. The van der Waals surface area contributed by atoms with Crippen molar-refractivity contribution in [1.82, 2.24) is 4.90 Å². The second kappa shape index (κ2) is 4.03. The van der Waals surface area contributed by atoms with Gasteiger partial charge >= 0.3 is 0 Å². The molecule has 0 aliphatic carbocycles. The quantitative estimate of drug-likeness (QED) is 0.478. The van der Waals surface area contributed by atoms with E-state index in [4.69, 9.17) is 0 Å². The Bertz CT molecular complexity index is 301. The van der Waals surface area contributed by atoms with E-state index in [9.17, 15) is 4.39 Å². The number of aliphatic imine (C=N–C) groups is 1. The molecule has 70 valence electrons. The molecule has 0 atom stereocenters. The molecule has 0 spiro atoms. The predicted molar refractivity (Wildman–Crippen MR) is 52.9 cm³/mol. The lowest BCUT2D eigenvalue weighted by atomic mass is 10.3. The lowest BCUT2D eigenvalue weighted by Crippen LogP contribution is -2.17. The van der Waals surface area contributed by atoms with Crippen LogP contribution in [0.15, 0.2) is 29.3 Å². The van der Waals surface area contributed by atoms with Gasteiger partial charge in [-0.1, -0.05) is 0 Å². The Morgan fingerprint density at radius 3 is 2.23 bits per heavy atom. The zero-order valence-corrected chi connectivity index (χ0v) is 8.08. The molecular weight excluding hydrogens is 167 g/mol. The van der Waals surface area contributed by atoms with E-state index in [2.05, 4.69) is 4.99 Å². The van der Waals surface area contributed by atoms with Crippen molar-refractivity contribution in [1.29, 1.82) is 0 Å². The number of hydrogen-bond donors (Lipinski definition) is 0. The van der Waals surface area contributed by atoms with Gasteiger partial charge in [0.1, 0.15) is 11.7 Å².